The van der Waals surface area contributed by atoms with Gasteiger partial charge in [0.05, 0.1) is 24.8 Å². The second-order valence-electron chi connectivity index (χ2n) is 4.18. The van der Waals surface area contributed by atoms with E-state index >= 15 is 0 Å². The van der Waals surface area contributed by atoms with E-state index in [1.807, 2.05) is 4.98 Å². The summed E-state index contributed by atoms with van der Waals surface area (Å²) in [5.41, 5.74) is 4.06. The highest BCUT2D eigenvalue weighted by Crippen LogP contribution is 2.10. The molecule has 3 N–H and O–H groups in total. The Labute approximate surface area is 118 Å². The van der Waals surface area contributed by atoms with Crippen molar-refractivity contribution in [3.8, 4) is 11.8 Å². The molecule has 0 radical (unpaired) electrons. The van der Waals surface area contributed by atoms with E-state index < -0.39 is 22.9 Å². The van der Waals surface area contributed by atoms with Crippen LogP contribution in [0.5, 0.6) is 0 Å². The Morgan fingerprint density at radius 1 is 1.24 bits per heavy atom. The zero-order chi connectivity index (χ0) is 15.4. The summed E-state index contributed by atoms with van der Waals surface area (Å²) in [6.07, 6.45) is 0.801. The average Bonchev–Trinajstić information content (AvgIpc) is 2.45. The number of H-pyrrole nitrogens is 1. The molecule has 0 aliphatic heterocycles. The lowest BCUT2D eigenvalue weighted by molar-refractivity contribution is 0.565. The van der Waals surface area contributed by atoms with Crippen molar-refractivity contribution < 1.29 is 8.78 Å². The summed E-state index contributed by atoms with van der Waals surface area (Å²) in [4.78, 5) is 24.3. The van der Waals surface area contributed by atoms with Crippen molar-refractivity contribution in [2.24, 2.45) is 5.73 Å². The van der Waals surface area contributed by atoms with Crippen molar-refractivity contribution in [1.82, 2.24) is 9.55 Å². The molecule has 2 rings (SSSR count). The Morgan fingerprint density at radius 2 is 2.00 bits per heavy atom. The normalized spacial score (nSPS) is 10.0. The van der Waals surface area contributed by atoms with Crippen LogP contribution in [0, 0.1) is 23.5 Å². The highest BCUT2D eigenvalue weighted by atomic mass is 19.1. The lowest BCUT2D eigenvalue weighted by Gasteiger charge is -2.06. The van der Waals surface area contributed by atoms with Gasteiger partial charge < -0.3 is 5.73 Å². The summed E-state index contributed by atoms with van der Waals surface area (Å²) >= 11 is 0. The maximum atomic E-state index is 13.5. The summed E-state index contributed by atoms with van der Waals surface area (Å²) in [6.45, 7) is 0.0678. The first-order valence-corrected chi connectivity index (χ1v) is 5.98. The number of benzene rings is 1. The Morgan fingerprint density at radius 3 is 2.71 bits per heavy atom. The topological polar surface area (TPSA) is 80.9 Å². The molecule has 108 valence electrons. The third-order valence-corrected chi connectivity index (χ3v) is 2.68. The van der Waals surface area contributed by atoms with Gasteiger partial charge in [0.1, 0.15) is 5.82 Å². The number of halogens is 2. The van der Waals surface area contributed by atoms with E-state index in [1.165, 1.54) is 18.2 Å². The van der Waals surface area contributed by atoms with Gasteiger partial charge in [-0.25, -0.2) is 9.18 Å². The quantitative estimate of drug-likeness (QED) is 0.774. The fourth-order valence-corrected chi connectivity index (χ4v) is 1.71. The number of hydrogen-bond acceptors (Lipinski definition) is 3. The van der Waals surface area contributed by atoms with Crippen molar-refractivity contribution in [2.45, 2.75) is 6.54 Å². The SMILES string of the molecule is NCC#Cc1cc(Cn2cc(F)c(=O)[nH]c2=O)ccc1F. The van der Waals surface area contributed by atoms with Crippen molar-refractivity contribution in [2.75, 3.05) is 6.54 Å². The van der Waals surface area contributed by atoms with Crippen LogP contribution in [-0.4, -0.2) is 16.1 Å². The predicted molar refractivity (Wildman–Crippen MR) is 72.7 cm³/mol. The minimum Gasteiger partial charge on any atom is -0.320 e. The van der Waals surface area contributed by atoms with E-state index in [9.17, 15) is 18.4 Å². The van der Waals surface area contributed by atoms with E-state index in [0.717, 1.165) is 10.8 Å². The van der Waals surface area contributed by atoms with Crippen molar-refractivity contribution in [1.29, 1.82) is 0 Å². The van der Waals surface area contributed by atoms with Gasteiger partial charge in [-0.05, 0) is 17.7 Å². The summed E-state index contributed by atoms with van der Waals surface area (Å²) in [6, 6.07) is 4.08. The zero-order valence-corrected chi connectivity index (χ0v) is 10.8. The van der Waals surface area contributed by atoms with E-state index in [0.29, 0.717) is 5.56 Å². The van der Waals surface area contributed by atoms with Crippen LogP contribution in [0.2, 0.25) is 0 Å². The number of nitrogens with one attached hydrogen (secondary N) is 1. The molecule has 0 fully saturated rings. The molecular formula is C14H11F2N3O2. The average molecular weight is 291 g/mol. The minimum atomic E-state index is -1.08. The fourth-order valence-electron chi connectivity index (χ4n) is 1.71. The molecule has 1 heterocycles. The number of nitrogens with zero attached hydrogens (tertiary/aromatic N) is 1. The summed E-state index contributed by atoms with van der Waals surface area (Å²) in [5, 5.41) is 0. The number of nitrogens with two attached hydrogens (primary N) is 1. The van der Waals surface area contributed by atoms with Gasteiger partial charge in [0.2, 0.25) is 5.82 Å². The molecule has 0 aliphatic rings. The lowest BCUT2D eigenvalue weighted by Crippen LogP contribution is -2.31. The second kappa shape index (κ2) is 6.15. The van der Waals surface area contributed by atoms with Gasteiger partial charge in [0.15, 0.2) is 0 Å². The van der Waals surface area contributed by atoms with Gasteiger partial charge in [-0.3, -0.25) is 14.3 Å². The van der Waals surface area contributed by atoms with Crippen LogP contribution in [0.3, 0.4) is 0 Å². The molecule has 0 spiro atoms. The highest BCUT2D eigenvalue weighted by Gasteiger charge is 2.06. The molecular weight excluding hydrogens is 280 g/mol. The molecule has 0 unspecified atom stereocenters. The maximum Gasteiger partial charge on any atom is 0.328 e. The first-order valence-electron chi connectivity index (χ1n) is 5.98. The summed E-state index contributed by atoms with van der Waals surface area (Å²) in [7, 11) is 0. The van der Waals surface area contributed by atoms with Crippen LogP contribution in [0.25, 0.3) is 0 Å². The van der Waals surface area contributed by atoms with Crippen LogP contribution >= 0.6 is 0 Å². The van der Waals surface area contributed by atoms with Gasteiger partial charge in [0, 0.05) is 0 Å². The van der Waals surface area contributed by atoms with E-state index in [4.69, 9.17) is 5.73 Å². The van der Waals surface area contributed by atoms with Gasteiger partial charge >= 0.3 is 5.69 Å². The lowest BCUT2D eigenvalue weighted by atomic mass is 10.1. The van der Waals surface area contributed by atoms with Gasteiger partial charge in [-0.1, -0.05) is 17.9 Å². The third-order valence-electron chi connectivity index (χ3n) is 2.68. The van der Waals surface area contributed by atoms with Crippen LogP contribution < -0.4 is 17.0 Å². The Bertz CT molecular complexity index is 844. The van der Waals surface area contributed by atoms with E-state index in [-0.39, 0.29) is 18.7 Å². The number of aromatic nitrogens is 2. The molecule has 1 aromatic heterocycles. The third kappa shape index (κ3) is 3.43. The second-order valence-corrected chi connectivity index (χ2v) is 4.18. The molecule has 2 aromatic rings. The predicted octanol–water partition coefficient (Wildman–Crippen LogP) is 0.173. The summed E-state index contributed by atoms with van der Waals surface area (Å²) in [5.74, 6) is 3.51. The molecule has 0 aliphatic carbocycles. The smallest absolute Gasteiger partial charge is 0.320 e. The molecule has 5 nitrogen and oxygen atoms in total. The van der Waals surface area contributed by atoms with Gasteiger partial charge in [-0.2, -0.15) is 4.39 Å². The van der Waals surface area contributed by atoms with Crippen LogP contribution in [-0.2, 0) is 6.54 Å². The van der Waals surface area contributed by atoms with Crippen LogP contribution in [0.4, 0.5) is 8.78 Å². The largest absolute Gasteiger partial charge is 0.328 e. The number of hydrogen-bond donors (Lipinski definition) is 2. The molecule has 1 aromatic carbocycles. The Kier molecular flexibility index (Phi) is 4.30. The molecule has 7 heteroatoms. The molecule has 0 amide bonds. The monoisotopic (exact) mass is 291 g/mol. The minimum absolute atomic E-state index is 0.0237. The van der Waals surface area contributed by atoms with Crippen molar-refractivity contribution in [3.05, 3.63) is 68.0 Å². The number of aromatic amines is 1. The maximum absolute atomic E-state index is 13.5. The van der Waals surface area contributed by atoms with Crippen molar-refractivity contribution in [3.63, 3.8) is 0 Å². The highest BCUT2D eigenvalue weighted by molar-refractivity contribution is 5.38. The summed E-state index contributed by atoms with van der Waals surface area (Å²) < 4.78 is 27.7. The Hall–Kier alpha value is -2.72. The molecule has 0 atom stereocenters. The first-order chi connectivity index (χ1) is 10.0. The first kappa shape index (κ1) is 14.7. The Balaban J connectivity index is 2.39. The van der Waals surface area contributed by atoms with Crippen molar-refractivity contribution >= 4 is 0 Å². The number of rotatable bonds is 2. The standard InChI is InChI=1S/C14H11F2N3O2/c15-11-4-3-9(6-10(11)2-1-5-17)7-19-8-12(16)13(20)18-14(19)21/h3-4,6,8H,5,7,17H2,(H,18,20,21). The molecule has 21 heavy (non-hydrogen) atoms. The molecule has 0 saturated heterocycles. The zero-order valence-electron chi connectivity index (χ0n) is 10.8. The van der Waals surface area contributed by atoms with E-state index in [2.05, 4.69) is 11.8 Å². The molecule has 0 bridgehead atoms. The van der Waals surface area contributed by atoms with Gasteiger partial charge in [0.25, 0.3) is 5.56 Å². The molecule has 0 saturated carbocycles. The van der Waals surface area contributed by atoms with Crippen LogP contribution in [0.15, 0.2) is 34.0 Å². The fraction of sp³-hybridized carbons (Fsp3) is 0.143. The van der Waals surface area contributed by atoms with Gasteiger partial charge in [-0.15, -0.1) is 0 Å². The van der Waals surface area contributed by atoms with Crippen LogP contribution in [0.1, 0.15) is 11.1 Å². The van der Waals surface area contributed by atoms with E-state index in [1.54, 1.807) is 0 Å².